The Bertz CT molecular complexity index is 1750. The predicted molar refractivity (Wildman–Crippen MR) is 193 cm³/mol. The Labute approximate surface area is 295 Å². The number of benzene rings is 4. The van der Waals surface area contributed by atoms with Gasteiger partial charge in [-0.05, 0) is 70.5 Å². The van der Waals surface area contributed by atoms with E-state index >= 15 is 0 Å². The van der Waals surface area contributed by atoms with Crippen LogP contribution in [0.2, 0.25) is 0 Å². The van der Waals surface area contributed by atoms with Gasteiger partial charge in [0, 0.05) is 45.7 Å². The Hall–Kier alpha value is -4.67. The molecule has 0 saturated heterocycles. The number of carbonyl (C=O) groups excluding carboxylic acids is 1. The first kappa shape index (κ1) is 36.6. The maximum Gasteiger partial charge on any atom is 0.253 e. The zero-order valence-corrected chi connectivity index (χ0v) is 29.5. The standard InChI is InChI=1S/C41H47N3O6/c1-5-8-39-42-43-40(50-39)38(49-6-2)26-30-11-15-35(16-12-30)37-10-7-9-32(25-37)27-44(3)41(45)36-21-19-34(20-22-36)33-17-13-31(14-18-33)28-48-29-47-24-23-46-4/h7,9-22,25,38H,5-6,8,23-24,26-29H2,1-4H3. The van der Waals surface area contributed by atoms with Crippen LogP contribution < -0.4 is 0 Å². The Morgan fingerprint density at radius 1 is 0.780 bits per heavy atom. The lowest BCUT2D eigenvalue weighted by Crippen LogP contribution is -2.26. The molecule has 9 nitrogen and oxygen atoms in total. The van der Waals surface area contributed by atoms with Crippen LogP contribution in [0, 0.1) is 0 Å². The smallest absolute Gasteiger partial charge is 0.253 e. The van der Waals surface area contributed by atoms with E-state index < -0.39 is 0 Å². The van der Waals surface area contributed by atoms with Gasteiger partial charge in [-0.1, -0.05) is 85.8 Å². The maximum absolute atomic E-state index is 13.4. The maximum atomic E-state index is 13.4. The van der Waals surface area contributed by atoms with E-state index in [0.717, 1.165) is 51.8 Å². The fourth-order valence-corrected chi connectivity index (χ4v) is 5.61. The summed E-state index contributed by atoms with van der Waals surface area (Å²) in [6.07, 6.45) is 2.07. The summed E-state index contributed by atoms with van der Waals surface area (Å²) in [5.41, 5.74) is 8.20. The van der Waals surface area contributed by atoms with Crippen molar-refractivity contribution in [2.24, 2.45) is 0 Å². The predicted octanol–water partition coefficient (Wildman–Crippen LogP) is 8.09. The van der Waals surface area contributed by atoms with E-state index in [2.05, 4.69) is 71.7 Å². The van der Waals surface area contributed by atoms with Crippen LogP contribution in [0.4, 0.5) is 0 Å². The van der Waals surface area contributed by atoms with Crippen molar-refractivity contribution in [1.82, 2.24) is 15.1 Å². The molecular formula is C41H47N3O6. The Balaban J connectivity index is 1.15. The third kappa shape index (κ3) is 10.4. The highest BCUT2D eigenvalue weighted by atomic mass is 16.7. The number of aromatic nitrogens is 2. The molecular weight excluding hydrogens is 630 g/mol. The summed E-state index contributed by atoms with van der Waals surface area (Å²) in [4.78, 5) is 15.1. The van der Waals surface area contributed by atoms with Crippen LogP contribution in [-0.2, 0) is 44.9 Å². The lowest BCUT2D eigenvalue weighted by Gasteiger charge is -2.18. The molecule has 9 heteroatoms. The van der Waals surface area contributed by atoms with Crippen LogP contribution in [0.1, 0.15) is 65.2 Å². The largest absolute Gasteiger partial charge is 0.422 e. The van der Waals surface area contributed by atoms with Crippen molar-refractivity contribution in [3.63, 3.8) is 0 Å². The highest BCUT2D eigenvalue weighted by molar-refractivity contribution is 5.94. The van der Waals surface area contributed by atoms with Crippen LogP contribution in [-0.4, -0.2) is 61.8 Å². The van der Waals surface area contributed by atoms with Gasteiger partial charge >= 0.3 is 0 Å². The normalized spacial score (nSPS) is 11.8. The second-order valence-corrected chi connectivity index (χ2v) is 12.1. The van der Waals surface area contributed by atoms with Crippen LogP contribution >= 0.6 is 0 Å². The molecule has 5 rings (SSSR count). The van der Waals surface area contributed by atoms with E-state index in [1.807, 2.05) is 56.4 Å². The molecule has 0 aliphatic heterocycles. The quantitative estimate of drug-likeness (QED) is 0.0640. The fraction of sp³-hybridized carbons (Fsp3) is 0.341. The summed E-state index contributed by atoms with van der Waals surface area (Å²) in [6, 6.07) is 32.7. The summed E-state index contributed by atoms with van der Waals surface area (Å²) >= 11 is 0. The second kappa shape index (κ2) is 18.9. The van der Waals surface area contributed by atoms with Gasteiger partial charge in [-0.25, -0.2) is 0 Å². The van der Waals surface area contributed by atoms with Gasteiger partial charge in [0.2, 0.25) is 11.8 Å². The number of ether oxygens (including phenoxy) is 4. The van der Waals surface area contributed by atoms with Gasteiger partial charge in [-0.3, -0.25) is 4.79 Å². The number of methoxy groups -OCH3 is 1. The minimum atomic E-state index is -0.286. The topological polar surface area (TPSA) is 96.2 Å². The molecule has 0 bridgehead atoms. The Morgan fingerprint density at radius 2 is 1.46 bits per heavy atom. The Morgan fingerprint density at radius 3 is 2.14 bits per heavy atom. The first-order chi connectivity index (χ1) is 24.5. The summed E-state index contributed by atoms with van der Waals surface area (Å²) in [6.45, 7) is 6.87. The van der Waals surface area contributed by atoms with Gasteiger partial charge in [-0.2, -0.15) is 0 Å². The number of hydrogen-bond acceptors (Lipinski definition) is 8. The minimum Gasteiger partial charge on any atom is -0.422 e. The lowest BCUT2D eigenvalue weighted by molar-refractivity contribution is -0.0724. The highest BCUT2D eigenvalue weighted by Crippen LogP contribution is 2.26. The number of hydrogen-bond donors (Lipinski definition) is 0. The van der Waals surface area contributed by atoms with Crippen molar-refractivity contribution in [3.8, 4) is 22.3 Å². The van der Waals surface area contributed by atoms with Crippen molar-refractivity contribution >= 4 is 5.91 Å². The van der Waals surface area contributed by atoms with Crippen molar-refractivity contribution in [2.45, 2.75) is 52.4 Å². The minimum absolute atomic E-state index is 0.0292. The lowest BCUT2D eigenvalue weighted by atomic mass is 9.99. The number of rotatable bonds is 19. The molecule has 0 radical (unpaired) electrons. The Kier molecular flexibility index (Phi) is 13.8. The summed E-state index contributed by atoms with van der Waals surface area (Å²) < 4.78 is 27.7. The van der Waals surface area contributed by atoms with Gasteiger partial charge in [0.15, 0.2) is 0 Å². The molecule has 1 unspecified atom stereocenters. The van der Waals surface area contributed by atoms with Crippen LogP contribution in [0.25, 0.3) is 22.3 Å². The molecule has 4 aromatic carbocycles. The monoisotopic (exact) mass is 677 g/mol. The van der Waals surface area contributed by atoms with Gasteiger partial charge in [-0.15, -0.1) is 10.2 Å². The molecule has 50 heavy (non-hydrogen) atoms. The van der Waals surface area contributed by atoms with Gasteiger partial charge in [0.1, 0.15) is 12.9 Å². The third-order valence-electron chi connectivity index (χ3n) is 8.28. The van der Waals surface area contributed by atoms with Crippen molar-refractivity contribution in [2.75, 3.05) is 40.8 Å². The van der Waals surface area contributed by atoms with Gasteiger partial charge in [0.05, 0.1) is 19.8 Å². The molecule has 1 aromatic heterocycles. The number of carbonyl (C=O) groups is 1. The number of amides is 1. The molecule has 262 valence electrons. The third-order valence-corrected chi connectivity index (χ3v) is 8.28. The van der Waals surface area contributed by atoms with Crippen molar-refractivity contribution < 1.29 is 28.2 Å². The van der Waals surface area contributed by atoms with Crippen LogP contribution in [0.3, 0.4) is 0 Å². The van der Waals surface area contributed by atoms with Crippen LogP contribution in [0.15, 0.2) is 101 Å². The van der Waals surface area contributed by atoms with Crippen molar-refractivity contribution in [3.05, 3.63) is 131 Å². The molecule has 1 heterocycles. The highest BCUT2D eigenvalue weighted by Gasteiger charge is 2.20. The summed E-state index contributed by atoms with van der Waals surface area (Å²) in [5.74, 6) is 1.14. The molecule has 0 saturated carbocycles. The van der Waals surface area contributed by atoms with Crippen LogP contribution in [0.5, 0.6) is 0 Å². The molecule has 5 aromatic rings. The first-order valence-electron chi connectivity index (χ1n) is 17.2. The SMILES string of the molecule is CCCc1nnc(C(Cc2ccc(-c3cccc(CN(C)C(=O)c4ccc(-c5ccc(COCOCCOC)cc5)cc4)c3)cc2)OCC)o1. The zero-order chi connectivity index (χ0) is 35.1. The average molecular weight is 678 g/mol. The average Bonchev–Trinajstić information content (AvgIpc) is 3.62. The molecule has 0 N–H and O–H groups in total. The second-order valence-electron chi connectivity index (χ2n) is 12.1. The van der Waals surface area contributed by atoms with Crippen molar-refractivity contribution in [1.29, 1.82) is 0 Å². The number of aryl methyl sites for hydroxylation is 1. The molecule has 0 spiro atoms. The van der Waals surface area contributed by atoms with E-state index in [1.54, 1.807) is 12.0 Å². The van der Waals surface area contributed by atoms with E-state index in [-0.39, 0.29) is 18.8 Å². The molecule has 0 fully saturated rings. The summed E-state index contributed by atoms with van der Waals surface area (Å²) in [5, 5.41) is 8.40. The van der Waals surface area contributed by atoms with E-state index in [9.17, 15) is 4.79 Å². The molecule has 1 amide bonds. The zero-order valence-electron chi connectivity index (χ0n) is 29.5. The number of nitrogens with zero attached hydrogens (tertiary/aromatic N) is 3. The molecule has 1 atom stereocenters. The van der Waals surface area contributed by atoms with E-state index in [4.69, 9.17) is 23.4 Å². The van der Waals surface area contributed by atoms with Gasteiger partial charge < -0.3 is 28.3 Å². The van der Waals surface area contributed by atoms with E-state index in [0.29, 0.717) is 56.7 Å². The van der Waals surface area contributed by atoms with E-state index in [1.165, 1.54) is 0 Å². The fourth-order valence-electron chi connectivity index (χ4n) is 5.61. The summed E-state index contributed by atoms with van der Waals surface area (Å²) in [7, 11) is 3.48. The first-order valence-corrected chi connectivity index (χ1v) is 17.2. The van der Waals surface area contributed by atoms with Gasteiger partial charge in [0.25, 0.3) is 5.91 Å². The molecule has 0 aliphatic carbocycles. The molecule has 0 aliphatic rings.